The van der Waals surface area contributed by atoms with E-state index < -0.39 is 0 Å². The second kappa shape index (κ2) is 13.0. The summed E-state index contributed by atoms with van der Waals surface area (Å²) in [6.45, 7) is 0. The molecule has 0 aliphatic carbocycles. The smallest absolute Gasteiger partial charge is 0.164 e. The monoisotopic (exact) mass is 720 g/mol. The van der Waals surface area contributed by atoms with Gasteiger partial charge in [0.2, 0.25) is 0 Å². The van der Waals surface area contributed by atoms with E-state index in [4.69, 9.17) is 24.9 Å². The largest absolute Gasteiger partial charge is 0.456 e. The van der Waals surface area contributed by atoms with Crippen LogP contribution >= 0.6 is 0 Å². The van der Waals surface area contributed by atoms with E-state index in [9.17, 15) is 0 Å². The summed E-state index contributed by atoms with van der Waals surface area (Å²) in [6, 6.07) is 55.6. The molecule has 0 radical (unpaired) electrons. The number of aromatic nitrogens is 4. The molecule has 0 N–H and O–H groups in total. The number of rotatable bonds is 6. The van der Waals surface area contributed by atoms with Crippen LogP contribution in [0.1, 0.15) is 5.48 Å². The number of fused-ring (bicyclic) bond motifs is 6. The number of benzene rings is 8. The Kier molecular flexibility index (Phi) is 6.50. The van der Waals surface area contributed by atoms with E-state index in [0.717, 1.165) is 77.5 Å². The van der Waals surface area contributed by atoms with Crippen LogP contribution in [0.25, 0.3) is 106 Å². The van der Waals surface area contributed by atoms with Crippen molar-refractivity contribution in [3.8, 4) is 62.1 Å². The number of para-hydroxylation sites is 2. The van der Waals surface area contributed by atoms with Gasteiger partial charge in [-0.2, -0.15) is 0 Å². The SMILES string of the molecule is [2H]c1c([2H])c([2H])c2c(c1[2H])c1ccc(-c3ccc(-c4ccccc4)cc3)cc1n2-c1ccc(-c2nc(-c3ccccc3)nc(-c3ccc4c(c3)oc3ccccc34)n2)cc1. The average Bonchev–Trinajstić information content (AvgIpc) is 3.86. The van der Waals surface area contributed by atoms with Crippen LogP contribution in [0, 0.1) is 0 Å². The first-order valence-electron chi connectivity index (χ1n) is 20.4. The molecule has 5 nitrogen and oxygen atoms in total. The van der Waals surface area contributed by atoms with Gasteiger partial charge in [0, 0.05) is 43.9 Å². The molecule has 0 aliphatic heterocycles. The Balaban J connectivity index is 1.05. The zero-order valence-corrected chi connectivity index (χ0v) is 29.9. The summed E-state index contributed by atoms with van der Waals surface area (Å²) < 4.78 is 43.4. The first-order chi connectivity index (χ1) is 29.4. The van der Waals surface area contributed by atoms with Crippen molar-refractivity contribution >= 4 is 43.7 Å². The van der Waals surface area contributed by atoms with Crippen molar-refractivity contribution in [3.05, 3.63) is 194 Å². The van der Waals surface area contributed by atoms with Crippen LogP contribution in [0.15, 0.2) is 198 Å². The molecule has 0 saturated heterocycles. The highest BCUT2D eigenvalue weighted by Crippen LogP contribution is 2.37. The maximum absolute atomic E-state index is 9.10. The van der Waals surface area contributed by atoms with Crippen molar-refractivity contribution in [2.45, 2.75) is 0 Å². The molecule has 262 valence electrons. The summed E-state index contributed by atoms with van der Waals surface area (Å²) in [6.07, 6.45) is 0. The second-order valence-electron chi connectivity index (χ2n) is 13.8. The third-order valence-corrected chi connectivity index (χ3v) is 10.4. The lowest BCUT2D eigenvalue weighted by molar-refractivity contribution is 0.669. The van der Waals surface area contributed by atoms with Gasteiger partial charge in [0.1, 0.15) is 11.2 Å². The van der Waals surface area contributed by atoms with Crippen molar-refractivity contribution in [1.82, 2.24) is 19.5 Å². The normalized spacial score (nSPS) is 12.6. The van der Waals surface area contributed by atoms with Gasteiger partial charge >= 0.3 is 0 Å². The summed E-state index contributed by atoms with van der Waals surface area (Å²) in [5.41, 5.74) is 10.1. The molecule has 56 heavy (non-hydrogen) atoms. The van der Waals surface area contributed by atoms with E-state index in [1.165, 1.54) is 0 Å². The van der Waals surface area contributed by atoms with E-state index >= 15 is 0 Å². The molecule has 11 aromatic rings. The lowest BCUT2D eigenvalue weighted by Gasteiger charge is -2.11. The highest BCUT2D eigenvalue weighted by molar-refractivity contribution is 6.10. The van der Waals surface area contributed by atoms with Crippen molar-refractivity contribution in [1.29, 1.82) is 0 Å². The summed E-state index contributed by atoms with van der Waals surface area (Å²) in [4.78, 5) is 14.9. The molecule has 0 bridgehead atoms. The van der Waals surface area contributed by atoms with Crippen LogP contribution in [0.4, 0.5) is 0 Å². The minimum absolute atomic E-state index is 0.0710. The first-order valence-corrected chi connectivity index (χ1v) is 18.4. The van der Waals surface area contributed by atoms with Crippen LogP contribution in [-0.4, -0.2) is 19.5 Å². The predicted molar refractivity (Wildman–Crippen MR) is 229 cm³/mol. The quantitative estimate of drug-likeness (QED) is 0.172. The Hall–Kier alpha value is -7.63. The third-order valence-electron chi connectivity index (χ3n) is 10.4. The molecule has 3 aromatic heterocycles. The van der Waals surface area contributed by atoms with Gasteiger partial charge in [0.25, 0.3) is 0 Å². The summed E-state index contributed by atoms with van der Waals surface area (Å²) >= 11 is 0. The molecule has 8 aromatic carbocycles. The molecule has 3 heterocycles. The number of hydrogen-bond acceptors (Lipinski definition) is 4. The topological polar surface area (TPSA) is 56.7 Å². The Bertz CT molecular complexity index is 3460. The fourth-order valence-corrected chi connectivity index (χ4v) is 7.63. The second-order valence-corrected chi connectivity index (χ2v) is 13.8. The minimum atomic E-state index is -0.281. The molecule has 0 saturated carbocycles. The maximum atomic E-state index is 9.10. The molecule has 5 heteroatoms. The maximum Gasteiger partial charge on any atom is 0.164 e. The minimum Gasteiger partial charge on any atom is -0.456 e. The lowest BCUT2D eigenvalue weighted by Crippen LogP contribution is -2.00. The summed E-state index contributed by atoms with van der Waals surface area (Å²) in [5, 5.41) is 3.28. The predicted octanol–water partition coefficient (Wildman–Crippen LogP) is 13.2. The standard InChI is InChI=1S/C51H32N4O/c1-3-11-33(12-4-1)34-19-21-35(22-20-34)38-25-29-42-41-15-7-9-17-45(41)55(46(42)31-38)40-27-23-37(24-28-40)50-52-49(36-13-5-2-6-14-36)53-51(54-50)39-26-30-44-43-16-8-10-18-47(43)56-48(44)32-39/h1-32H/i7D,9D,15D,17D. The van der Waals surface area contributed by atoms with Crippen LogP contribution < -0.4 is 0 Å². The van der Waals surface area contributed by atoms with Gasteiger partial charge < -0.3 is 8.98 Å². The molecule has 0 atom stereocenters. The van der Waals surface area contributed by atoms with Gasteiger partial charge in [-0.1, -0.05) is 139 Å². The van der Waals surface area contributed by atoms with E-state index in [-0.39, 0.29) is 24.2 Å². The van der Waals surface area contributed by atoms with Crippen LogP contribution in [0.3, 0.4) is 0 Å². The van der Waals surface area contributed by atoms with Crippen molar-refractivity contribution in [3.63, 3.8) is 0 Å². The van der Waals surface area contributed by atoms with Crippen molar-refractivity contribution in [2.24, 2.45) is 0 Å². The lowest BCUT2D eigenvalue weighted by atomic mass is 9.99. The van der Waals surface area contributed by atoms with Crippen LogP contribution in [0.5, 0.6) is 0 Å². The number of hydrogen-bond donors (Lipinski definition) is 0. The van der Waals surface area contributed by atoms with Crippen molar-refractivity contribution < 1.29 is 9.90 Å². The van der Waals surface area contributed by atoms with E-state index in [0.29, 0.717) is 28.4 Å². The zero-order chi connectivity index (χ0) is 40.5. The van der Waals surface area contributed by atoms with Gasteiger partial charge in [-0.15, -0.1) is 0 Å². The molecule has 0 spiro atoms. The summed E-state index contributed by atoms with van der Waals surface area (Å²) in [7, 11) is 0. The van der Waals surface area contributed by atoms with Crippen LogP contribution in [0.2, 0.25) is 0 Å². The van der Waals surface area contributed by atoms with Gasteiger partial charge in [0.05, 0.1) is 16.5 Å². The Morgan fingerprint density at radius 2 is 0.893 bits per heavy atom. The average molecular weight is 721 g/mol. The molecule has 0 aliphatic rings. The highest BCUT2D eigenvalue weighted by Gasteiger charge is 2.17. The fraction of sp³-hybridized carbons (Fsp3) is 0. The number of nitrogens with zero attached hydrogens (tertiary/aromatic N) is 4. The van der Waals surface area contributed by atoms with Gasteiger partial charge in [-0.3, -0.25) is 0 Å². The van der Waals surface area contributed by atoms with Gasteiger partial charge in [-0.05, 0) is 76.8 Å². The van der Waals surface area contributed by atoms with E-state index in [1.54, 1.807) is 0 Å². The molecule has 0 fully saturated rings. The molecular weight excluding hydrogens is 685 g/mol. The zero-order valence-electron chi connectivity index (χ0n) is 33.9. The van der Waals surface area contributed by atoms with Gasteiger partial charge in [0.15, 0.2) is 17.5 Å². The summed E-state index contributed by atoms with van der Waals surface area (Å²) in [5.74, 6) is 1.53. The molecule has 0 unspecified atom stereocenters. The van der Waals surface area contributed by atoms with Crippen LogP contribution in [-0.2, 0) is 0 Å². The fourth-order valence-electron chi connectivity index (χ4n) is 7.63. The molecular formula is C51H32N4O. The highest BCUT2D eigenvalue weighted by atomic mass is 16.3. The molecule has 0 amide bonds. The Labute approximate surface area is 328 Å². The Morgan fingerprint density at radius 3 is 1.64 bits per heavy atom. The molecule has 11 rings (SSSR count). The van der Waals surface area contributed by atoms with E-state index in [1.807, 2.05) is 126 Å². The van der Waals surface area contributed by atoms with Crippen molar-refractivity contribution in [2.75, 3.05) is 0 Å². The first kappa shape index (κ1) is 27.9. The van der Waals surface area contributed by atoms with E-state index in [2.05, 4.69) is 48.5 Å². The number of furan rings is 1. The Morgan fingerprint density at radius 1 is 0.375 bits per heavy atom. The van der Waals surface area contributed by atoms with Gasteiger partial charge in [-0.25, -0.2) is 15.0 Å². The third kappa shape index (κ3) is 5.45.